The second kappa shape index (κ2) is 7.11. The Morgan fingerprint density at radius 1 is 1.26 bits per heavy atom. The third-order valence-electron chi connectivity index (χ3n) is 4.84. The van der Waals surface area contributed by atoms with Crippen LogP contribution < -0.4 is 10.6 Å². The number of hydrogen-bond acceptors (Lipinski definition) is 4. The average Bonchev–Trinajstić information content (AvgIpc) is 2.59. The van der Waals surface area contributed by atoms with E-state index < -0.39 is 0 Å². The highest BCUT2D eigenvalue weighted by Gasteiger charge is 2.25. The first kappa shape index (κ1) is 16.0. The molecule has 1 aromatic heterocycles. The van der Waals surface area contributed by atoms with Crippen molar-refractivity contribution in [3.63, 3.8) is 0 Å². The number of aliphatic hydroxyl groups is 1. The summed E-state index contributed by atoms with van der Waals surface area (Å²) >= 11 is 0. The quantitative estimate of drug-likeness (QED) is 0.891. The fourth-order valence-electron chi connectivity index (χ4n) is 3.66. The SMILES string of the molecule is C=Cc1cncc2cccc(N(CCO)C3CCC(N)CC3)c12. The van der Waals surface area contributed by atoms with Gasteiger partial charge in [-0.3, -0.25) is 4.98 Å². The first-order chi connectivity index (χ1) is 11.2. The second-order valence-corrected chi connectivity index (χ2v) is 6.29. The Morgan fingerprint density at radius 2 is 2.04 bits per heavy atom. The summed E-state index contributed by atoms with van der Waals surface area (Å²) in [6, 6.07) is 7.03. The summed E-state index contributed by atoms with van der Waals surface area (Å²) in [5.41, 5.74) is 8.25. The molecule has 3 N–H and O–H groups in total. The van der Waals surface area contributed by atoms with Crippen molar-refractivity contribution in [2.45, 2.75) is 37.8 Å². The van der Waals surface area contributed by atoms with Crippen LogP contribution in [0.2, 0.25) is 0 Å². The molecule has 0 atom stereocenters. The van der Waals surface area contributed by atoms with E-state index in [0.29, 0.717) is 18.6 Å². The van der Waals surface area contributed by atoms with Crippen molar-refractivity contribution >= 4 is 22.5 Å². The molecule has 4 heteroatoms. The van der Waals surface area contributed by atoms with Crippen molar-refractivity contribution in [2.75, 3.05) is 18.1 Å². The van der Waals surface area contributed by atoms with Gasteiger partial charge in [-0.15, -0.1) is 0 Å². The predicted molar refractivity (Wildman–Crippen MR) is 96.5 cm³/mol. The second-order valence-electron chi connectivity index (χ2n) is 6.29. The van der Waals surface area contributed by atoms with Gasteiger partial charge in [0.1, 0.15) is 0 Å². The van der Waals surface area contributed by atoms with Gasteiger partial charge in [0.15, 0.2) is 0 Å². The molecule has 1 saturated carbocycles. The minimum atomic E-state index is 0.146. The van der Waals surface area contributed by atoms with Gasteiger partial charge in [0.05, 0.1) is 6.61 Å². The lowest BCUT2D eigenvalue weighted by Gasteiger charge is -2.38. The van der Waals surface area contributed by atoms with E-state index in [4.69, 9.17) is 5.73 Å². The van der Waals surface area contributed by atoms with Crippen LogP contribution in [0.25, 0.3) is 16.8 Å². The molecule has 0 aliphatic heterocycles. The normalized spacial score (nSPS) is 21.3. The number of rotatable bonds is 5. The van der Waals surface area contributed by atoms with E-state index in [2.05, 4.69) is 34.7 Å². The number of anilines is 1. The summed E-state index contributed by atoms with van der Waals surface area (Å²) in [4.78, 5) is 6.65. The van der Waals surface area contributed by atoms with E-state index in [1.807, 2.05) is 18.5 Å². The molecule has 0 unspecified atom stereocenters. The number of aromatic nitrogens is 1. The zero-order chi connectivity index (χ0) is 16.2. The molecule has 4 nitrogen and oxygen atoms in total. The topological polar surface area (TPSA) is 62.4 Å². The molecule has 1 aliphatic rings. The van der Waals surface area contributed by atoms with Gasteiger partial charge in [-0.25, -0.2) is 0 Å². The third kappa shape index (κ3) is 3.23. The average molecular weight is 311 g/mol. The molecule has 0 amide bonds. The number of benzene rings is 1. The molecule has 23 heavy (non-hydrogen) atoms. The van der Waals surface area contributed by atoms with E-state index >= 15 is 0 Å². The van der Waals surface area contributed by atoms with Crippen LogP contribution in [-0.4, -0.2) is 35.3 Å². The van der Waals surface area contributed by atoms with Gasteiger partial charge >= 0.3 is 0 Å². The van der Waals surface area contributed by atoms with Crippen LogP contribution >= 0.6 is 0 Å². The molecule has 0 spiro atoms. The first-order valence-corrected chi connectivity index (χ1v) is 8.37. The Hall–Kier alpha value is -1.91. The fraction of sp³-hybridized carbons (Fsp3) is 0.421. The molecule has 122 valence electrons. The standard InChI is InChI=1S/C19H25N3O/c1-2-14-12-21-13-15-4-3-5-18(19(14)15)22(10-11-23)17-8-6-16(20)7-9-17/h2-5,12-13,16-17,23H,1,6-11,20H2. The molecule has 1 heterocycles. The van der Waals surface area contributed by atoms with Gasteiger partial charge in [-0.05, 0) is 31.7 Å². The Labute approximate surface area is 137 Å². The summed E-state index contributed by atoms with van der Waals surface area (Å²) in [6.45, 7) is 4.71. The van der Waals surface area contributed by atoms with E-state index in [1.54, 1.807) is 0 Å². The fourth-order valence-corrected chi connectivity index (χ4v) is 3.66. The summed E-state index contributed by atoms with van der Waals surface area (Å²) in [7, 11) is 0. The number of hydrogen-bond donors (Lipinski definition) is 2. The molecular weight excluding hydrogens is 286 g/mol. The summed E-state index contributed by atoms with van der Waals surface area (Å²) < 4.78 is 0. The number of nitrogens with two attached hydrogens (primary N) is 1. The maximum absolute atomic E-state index is 9.58. The van der Waals surface area contributed by atoms with Crippen LogP contribution in [0.1, 0.15) is 31.2 Å². The molecule has 1 fully saturated rings. The molecule has 3 rings (SSSR count). The van der Waals surface area contributed by atoms with Gasteiger partial charge < -0.3 is 15.7 Å². The lowest BCUT2D eigenvalue weighted by Crippen LogP contribution is -2.42. The Balaban J connectivity index is 2.05. The van der Waals surface area contributed by atoms with Crippen molar-refractivity contribution in [1.82, 2.24) is 4.98 Å². The lowest BCUT2D eigenvalue weighted by molar-refractivity contribution is 0.287. The highest BCUT2D eigenvalue weighted by atomic mass is 16.3. The highest BCUT2D eigenvalue weighted by Crippen LogP contribution is 2.34. The maximum atomic E-state index is 9.58. The Morgan fingerprint density at radius 3 is 2.74 bits per heavy atom. The smallest absolute Gasteiger partial charge is 0.0606 e. The van der Waals surface area contributed by atoms with E-state index in [1.165, 1.54) is 5.39 Å². The Bertz CT molecular complexity index is 672. The number of fused-ring (bicyclic) bond motifs is 1. The summed E-state index contributed by atoms with van der Waals surface area (Å²) in [5.74, 6) is 0. The van der Waals surface area contributed by atoms with Crippen LogP contribution in [0.5, 0.6) is 0 Å². The van der Waals surface area contributed by atoms with Crippen molar-refractivity contribution in [1.29, 1.82) is 0 Å². The zero-order valence-corrected chi connectivity index (χ0v) is 13.5. The number of pyridine rings is 1. The number of aliphatic hydroxyl groups excluding tert-OH is 1. The van der Waals surface area contributed by atoms with Gasteiger partial charge in [0.2, 0.25) is 0 Å². The predicted octanol–water partition coefficient (Wildman–Crippen LogP) is 2.95. The van der Waals surface area contributed by atoms with Gasteiger partial charge in [-0.2, -0.15) is 0 Å². The minimum absolute atomic E-state index is 0.146. The molecule has 2 aromatic rings. The van der Waals surface area contributed by atoms with Gasteiger partial charge in [0, 0.05) is 53.0 Å². The maximum Gasteiger partial charge on any atom is 0.0606 e. The molecular formula is C19H25N3O. The molecule has 0 bridgehead atoms. The first-order valence-electron chi connectivity index (χ1n) is 8.37. The van der Waals surface area contributed by atoms with E-state index in [-0.39, 0.29) is 6.61 Å². The summed E-state index contributed by atoms with van der Waals surface area (Å²) in [6.07, 6.45) is 9.85. The van der Waals surface area contributed by atoms with Crippen LogP contribution in [0.15, 0.2) is 37.2 Å². The summed E-state index contributed by atoms with van der Waals surface area (Å²) in [5, 5.41) is 11.9. The Kier molecular flexibility index (Phi) is 4.94. The third-order valence-corrected chi connectivity index (χ3v) is 4.84. The van der Waals surface area contributed by atoms with Crippen LogP contribution in [0, 0.1) is 0 Å². The van der Waals surface area contributed by atoms with Gasteiger partial charge in [0.25, 0.3) is 0 Å². The highest BCUT2D eigenvalue weighted by molar-refractivity contribution is 5.99. The largest absolute Gasteiger partial charge is 0.395 e. The van der Waals surface area contributed by atoms with Crippen LogP contribution in [0.3, 0.4) is 0 Å². The van der Waals surface area contributed by atoms with Gasteiger partial charge in [-0.1, -0.05) is 24.8 Å². The zero-order valence-electron chi connectivity index (χ0n) is 13.5. The minimum Gasteiger partial charge on any atom is -0.395 e. The van der Waals surface area contributed by atoms with Crippen LogP contribution in [-0.2, 0) is 0 Å². The van der Waals surface area contributed by atoms with Crippen molar-refractivity contribution in [3.8, 4) is 0 Å². The molecule has 1 aromatic carbocycles. The lowest BCUT2D eigenvalue weighted by atomic mass is 9.90. The monoisotopic (exact) mass is 311 g/mol. The molecule has 1 aliphatic carbocycles. The van der Waals surface area contributed by atoms with Crippen molar-refractivity contribution < 1.29 is 5.11 Å². The van der Waals surface area contributed by atoms with Crippen molar-refractivity contribution in [2.24, 2.45) is 5.73 Å². The van der Waals surface area contributed by atoms with E-state index in [0.717, 1.165) is 42.3 Å². The van der Waals surface area contributed by atoms with E-state index in [9.17, 15) is 5.11 Å². The molecule has 0 radical (unpaired) electrons. The molecule has 0 saturated heterocycles. The van der Waals surface area contributed by atoms with Crippen LogP contribution in [0.4, 0.5) is 5.69 Å². The van der Waals surface area contributed by atoms with Crippen molar-refractivity contribution in [3.05, 3.63) is 42.7 Å². The number of nitrogens with zero attached hydrogens (tertiary/aromatic N) is 2.